The molecule has 0 heterocycles. The van der Waals surface area contributed by atoms with E-state index in [2.05, 4.69) is 15.9 Å². The number of carbonyl (C=O) groups excluding carboxylic acids is 1. The molecule has 1 saturated carbocycles. The summed E-state index contributed by atoms with van der Waals surface area (Å²) in [6.45, 7) is 0. The molecule has 0 bridgehead atoms. The molecule has 0 aromatic heterocycles. The van der Waals surface area contributed by atoms with Crippen molar-refractivity contribution in [3.63, 3.8) is 0 Å². The van der Waals surface area contributed by atoms with Gasteiger partial charge in [0.15, 0.2) is 0 Å². The molecule has 0 N–H and O–H groups in total. The Morgan fingerprint density at radius 2 is 1.85 bits per heavy atom. The van der Waals surface area contributed by atoms with Crippen LogP contribution in [0.4, 0.5) is 18.9 Å². The van der Waals surface area contributed by atoms with Gasteiger partial charge in [-0.3, -0.25) is 4.79 Å². The third-order valence-electron chi connectivity index (χ3n) is 3.71. The minimum atomic E-state index is -4.38. The van der Waals surface area contributed by atoms with E-state index in [0.717, 1.165) is 6.07 Å². The van der Waals surface area contributed by atoms with Crippen LogP contribution in [-0.2, 0) is 11.0 Å². The van der Waals surface area contributed by atoms with Crippen molar-refractivity contribution in [1.29, 1.82) is 0 Å². The largest absolute Gasteiger partial charge is 0.418 e. The second kappa shape index (κ2) is 5.76. The lowest BCUT2D eigenvalue weighted by Gasteiger charge is -2.34. The molecule has 1 fully saturated rings. The van der Waals surface area contributed by atoms with Crippen molar-refractivity contribution in [1.82, 2.24) is 0 Å². The number of halogens is 4. The molecule has 6 heteroatoms. The number of hydrogen-bond donors (Lipinski definition) is 0. The van der Waals surface area contributed by atoms with Crippen molar-refractivity contribution < 1.29 is 18.0 Å². The van der Waals surface area contributed by atoms with Gasteiger partial charge in [0, 0.05) is 30.4 Å². The van der Waals surface area contributed by atoms with E-state index in [4.69, 9.17) is 0 Å². The zero-order valence-corrected chi connectivity index (χ0v) is 12.6. The van der Waals surface area contributed by atoms with Gasteiger partial charge in [-0.15, -0.1) is 0 Å². The SMILES string of the molecule is CN(c1cc(Br)ccc1C(F)(F)F)C1CCC(=O)CC1. The molecular formula is C14H15BrF3NO. The molecule has 1 aromatic rings. The summed E-state index contributed by atoms with van der Waals surface area (Å²) < 4.78 is 39.8. The maximum atomic E-state index is 13.1. The minimum Gasteiger partial charge on any atom is -0.371 e. The van der Waals surface area contributed by atoms with E-state index >= 15 is 0 Å². The van der Waals surface area contributed by atoms with E-state index in [1.807, 2.05) is 0 Å². The highest BCUT2D eigenvalue weighted by Crippen LogP contribution is 2.39. The Balaban J connectivity index is 2.31. The van der Waals surface area contributed by atoms with Gasteiger partial charge < -0.3 is 4.90 Å². The van der Waals surface area contributed by atoms with Gasteiger partial charge in [-0.2, -0.15) is 13.2 Å². The zero-order valence-electron chi connectivity index (χ0n) is 11.0. The summed E-state index contributed by atoms with van der Waals surface area (Å²) in [4.78, 5) is 12.9. The second-order valence-corrected chi connectivity index (χ2v) is 5.96. The first-order valence-corrected chi connectivity index (χ1v) is 7.19. The molecule has 0 spiro atoms. The number of nitrogens with zero attached hydrogens (tertiary/aromatic N) is 1. The highest BCUT2D eigenvalue weighted by Gasteiger charge is 2.35. The van der Waals surface area contributed by atoms with E-state index < -0.39 is 11.7 Å². The molecule has 2 nitrogen and oxygen atoms in total. The van der Waals surface area contributed by atoms with Crippen LogP contribution in [0.25, 0.3) is 0 Å². The van der Waals surface area contributed by atoms with Gasteiger partial charge in [0.25, 0.3) is 0 Å². The van der Waals surface area contributed by atoms with Crippen LogP contribution in [0.1, 0.15) is 31.2 Å². The van der Waals surface area contributed by atoms with Crippen molar-refractivity contribution >= 4 is 27.4 Å². The van der Waals surface area contributed by atoms with Crippen LogP contribution in [0, 0.1) is 0 Å². The Labute approximate surface area is 124 Å². The predicted molar refractivity (Wildman–Crippen MR) is 74.8 cm³/mol. The Morgan fingerprint density at radius 3 is 2.40 bits per heavy atom. The summed E-state index contributed by atoms with van der Waals surface area (Å²) in [7, 11) is 1.66. The molecule has 1 aliphatic rings. The second-order valence-electron chi connectivity index (χ2n) is 5.04. The van der Waals surface area contributed by atoms with Gasteiger partial charge in [0.05, 0.1) is 11.3 Å². The predicted octanol–water partition coefficient (Wildman–Crippen LogP) is 4.42. The summed E-state index contributed by atoms with van der Waals surface area (Å²) >= 11 is 3.22. The first-order valence-electron chi connectivity index (χ1n) is 6.40. The van der Waals surface area contributed by atoms with Crippen LogP contribution in [0.2, 0.25) is 0 Å². The maximum Gasteiger partial charge on any atom is 0.418 e. The van der Waals surface area contributed by atoms with Crippen molar-refractivity contribution in [3.05, 3.63) is 28.2 Å². The molecule has 0 unspecified atom stereocenters. The van der Waals surface area contributed by atoms with Gasteiger partial charge >= 0.3 is 6.18 Å². The van der Waals surface area contributed by atoms with Crippen LogP contribution in [0.15, 0.2) is 22.7 Å². The van der Waals surface area contributed by atoms with Crippen LogP contribution < -0.4 is 4.90 Å². The monoisotopic (exact) mass is 349 g/mol. The maximum absolute atomic E-state index is 13.1. The lowest BCUT2D eigenvalue weighted by atomic mass is 9.92. The van der Waals surface area contributed by atoms with Gasteiger partial charge in [0.1, 0.15) is 5.78 Å². The average Bonchev–Trinajstić information content (AvgIpc) is 2.37. The van der Waals surface area contributed by atoms with E-state index in [1.54, 1.807) is 11.9 Å². The van der Waals surface area contributed by atoms with Gasteiger partial charge in [-0.1, -0.05) is 15.9 Å². The Bertz CT molecular complexity index is 506. The lowest BCUT2D eigenvalue weighted by molar-refractivity contribution is -0.137. The summed E-state index contributed by atoms with van der Waals surface area (Å²) in [6, 6.07) is 3.94. The number of carbonyl (C=O) groups is 1. The summed E-state index contributed by atoms with van der Waals surface area (Å²) in [5.74, 6) is 0.194. The lowest BCUT2D eigenvalue weighted by Crippen LogP contribution is -2.36. The fourth-order valence-corrected chi connectivity index (χ4v) is 2.89. The summed E-state index contributed by atoms with van der Waals surface area (Å²) in [6.07, 6.45) is -2.26. The first kappa shape index (κ1) is 15.4. The topological polar surface area (TPSA) is 20.3 Å². The Kier molecular flexibility index (Phi) is 4.42. The molecule has 20 heavy (non-hydrogen) atoms. The van der Waals surface area contributed by atoms with Crippen molar-refractivity contribution in [3.8, 4) is 0 Å². The quantitative estimate of drug-likeness (QED) is 0.787. The highest BCUT2D eigenvalue weighted by molar-refractivity contribution is 9.10. The Hall–Kier alpha value is -1.04. The molecular weight excluding hydrogens is 335 g/mol. The van der Waals surface area contributed by atoms with Gasteiger partial charge in [0.2, 0.25) is 0 Å². The fraction of sp³-hybridized carbons (Fsp3) is 0.500. The van der Waals surface area contributed by atoms with Crippen LogP contribution in [0.5, 0.6) is 0 Å². The highest BCUT2D eigenvalue weighted by atomic mass is 79.9. The van der Waals surface area contributed by atoms with E-state index in [9.17, 15) is 18.0 Å². The van der Waals surface area contributed by atoms with Crippen LogP contribution >= 0.6 is 15.9 Å². The van der Waals surface area contributed by atoms with E-state index in [1.165, 1.54) is 12.1 Å². The van der Waals surface area contributed by atoms with Crippen LogP contribution in [0.3, 0.4) is 0 Å². The number of alkyl halides is 3. The normalized spacial score (nSPS) is 17.4. The molecule has 0 radical (unpaired) electrons. The molecule has 2 rings (SSSR count). The first-order chi connectivity index (χ1) is 9.29. The average molecular weight is 350 g/mol. The van der Waals surface area contributed by atoms with E-state index in [-0.39, 0.29) is 17.5 Å². The third-order valence-corrected chi connectivity index (χ3v) is 4.20. The number of benzene rings is 1. The number of ketones is 1. The number of hydrogen-bond acceptors (Lipinski definition) is 2. The summed E-state index contributed by atoms with van der Waals surface area (Å²) in [5, 5.41) is 0. The fourth-order valence-electron chi connectivity index (χ4n) is 2.54. The van der Waals surface area contributed by atoms with Gasteiger partial charge in [-0.25, -0.2) is 0 Å². The smallest absolute Gasteiger partial charge is 0.371 e. The van der Waals surface area contributed by atoms with Gasteiger partial charge in [-0.05, 0) is 31.0 Å². The molecule has 1 aliphatic carbocycles. The Morgan fingerprint density at radius 1 is 1.25 bits per heavy atom. The minimum absolute atomic E-state index is 0.0249. The van der Waals surface area contributed by atoms with E-state index in [0.29, 0.717) is 30.2 Å². The number of Topliss-reactive ketones (excluding diaryl/α,β-unsaturated/α-hetero) is 1. The molecule has 0 atom stereocenters. The standard InChI is InChI=1S/C14H15BrF3NO/c1-19(10-3-5-11(20)6-4-10)13-8-9(15)2-7-12(13)14(16,17)18/h2,7-8,10H,3-6H2,1H3. The summed E-state index contributed by atoms with van der Waals surface area (Å²) in [5.41, 5.74) is -0.480. The van der Waals surface area contributed by atoms with Crippen LogP contribution in [-0.4, -0.2) is 18.9 Å². The molecule has 110 valence electrons. The number of rotatable bonds is 2. The molecule has 0 saturated heterocycles. The number of anilines is 1. The van der Waals surface area contributed by atoms with Crippen molar-refractivity contribution in [2.45, 2.75) is 37.9 Å². The third kappa shape index (κ3) is 3.34. The molecule has 0 aliphatic heterocycles. The zero-order chi connectivity index (χ0) is 14.9. The molecule has 0 amide bonds. The van der Waals surface area contributed by atoms with Crippen molar-refractivity contribution in [2.75, 3.05) is 11.9 Å². The molecule has 1 aromatic carbocycles. The van der Waals surface area contributed by atoms with Crippen molar-refractivity contribution in [2.24, 2.45) is 0 Å².